The van der Waals surface area contributed by atoms with Crippen molar-refractivity contribution in [3.05, 3.63) is 58.9 Å². The molecule has 132 valence electrons. The highest BCUT2D eigenvalue weighted by atomic mass is 16.2. The average molecular weight is 337 g/mol. The van der Waals surface area contributed by atoms with E-state index in [1.165, 1.54) is 5.56 Å². The van der Waals surface area contributed by atoms with Crippen LogP contribution < -0.4 is 5.32 Å². The average Bonchev–Trinajstić information content (AvgIpc) is 3.28. The first kappa shape index (κ1) is 16.4. The molecule has 1 amide bonds. The second-order valence-electron chi connectivity index (χ2n) is 7.63. The van der Waals surface area contributed by atoms with Gasteiger partial charge >= 0.3 is 0 Å². The Bertz CT molecular complexity index is 768. The molecule has 2 aliphatic rings. The summed E-state index contributed by atoms with van der Waals surface area (Å²) in [5, 5.41) is 3.44. The van der Waals surface area contributed by atoms with Gasteiger partial charge in [-0.25, -0.2) is 0 Å². The quantitative estimate of drug-likeness (QED) is 0.935. The fraction of sp³-hybridized carbons (Fsp3) is 0.476. The van der Waals surface area contributed by atoms with Crippen LogP contribution in [0, 0.1) is 25.7 Å². The predicted octanol–water partition coefficient (Wildman–Crippen LogP) is 3.01. The third-order valence-corrected chi connectivity index (χ3v) is 6.06. The first-order chi connectivity index (χ1) is 12.1. The highest BCUT2D eigenvalue weighted by Gasteiger charge is 2.39. The van der Waals surface area contributed by atoms with Gasteiger partial charge in [0.25, 0.3) is 5.91 Å². The Morgan fingerprint density at radius 2 is 1.76 bits per heavy atom. The number of carbonyl (C=O) groups excluding carboxylic acids is 1. The van der Waals surface area contributed by atoms with E-state index in [9.17, 15) is 4.79 Å². The van der Waals surface area contributed by atoms with E-state index in [0.717, 1.165) is 43.1 Å². The highest BCUT2D eigenvalue weighted by Crippen LogP contribution is 2.30. The van der Waals surface area contributed by atoms with Crippen LogP contribution in [0.1, 0.15) is 40.3 Å². The van der Waals surface area contributed by atoms with Gasteiger partial charge in [0.15, 0.2) is 0 Å². The number of amides is 1. The van der Waals surface area contributed by atoms with E-state index in [1.807, 2.05) is 6.07 Å². The molecular weight excluding hydrogens is 310 g/mol. The summed E-state index contributed by atoms with van der Waals surface area (Å²) in [5.41, 5.74) is 4.37. The molecule has 4 heteroatoms. The number of fused-ring (bicyclic) bond motifs is 1. The maximum atomic E-state index is 13.1. The van der Waals surface area contributed by atoms with E-state index in [2.05, 4.69) is 65.9 Å². The van der Waals surface area contributed by atoms with Gasteiger partial charge in [0.1, 0.15) is 0 Å². The van der Waals surface area contributed by atoms with Gasteiger partial charge in [-0.2, -0.15) is 0 Å². The SMILES string of the molecule is Cc1cc(C(=O)N2C[C@H]3CNC[C@H]3C2)c(C)n1C(C)c1ccccc1. The summed E-state index contributed by atoms with van der Waals surface area (Å²) < 4.78 is 2.29. The fourth-order valence-electron chi connectivity index (χ4n) is 4.66. The molecular formula is C21H27N3O. The van der Waals surface area contributed by atoms with Crippen LogP contribution in [0.5, 0.6) is 0 Å². The van der Waals surface area contributed by atoms with Crippen molar-refractivity contribution in [2.45, 2.75) is 26.8 Å². The molecule has 4 rings (SSSR count). The van der Waals surface area contributed by atoms with Crippen molar-refractivity contribution in [1.82, 2.24) is 14.8 Å². The van der Waals surface area contributed by atoms with Gasteiger partial charge in [-0.15, -0.1) is 0 Å². The summed E-state index contributed by atoms with van der Waals surface area (Å²) in [6.07, 6.45) is 0. The van der Waals surface area contributed by atoms with Gasteiger partial charge in [-0.1, -0.05) is 30.3 Å². The predicted molar refractivity (Wildman–Crippen MR) is 99.9 cm³/mol. The van der Waals surface area contributed by atoms with Crippen LogP contribution in [-0.2, 0) is 0 Å². The normalized spacial score (nSPS) is 23.7. The van der Waals surface area contributed by atoms with Crippen molar-refractivity contribution in [2.24, 2.45) is 11.8 Å². The number of aromatic nitrogens is 1. The molecule has 2 saturated heterocycles. The zero-order valence-corrected chi connectivity index (χ0v) is 15.3. The molecule has 0 saturated carbocycles. The Balaban J connectivity index is 1.60. The second-order valence-corrected chi connectivity index (χ2v) is 7.63. The molecule has 4 nitrogen and oxygen atoms in total. The van der Waals surface area contributed by atoms with Gasteiger partial charge in [-0.05, 0) is 44.2 Å². The molecule has 0 aliphatic carbocycles. The zero-order valence-electron chi connectivity index (χ0n) is 15.3. The topological polar surface area (TPSA) is 37.3 Å². The van der Waals surface area contributed by atoms with E-state index in [-0.39, 0.29) is 11.9 Å². The lowest BCUT2D eigenvalue weighted by Crippen LogP contribution is -2.32. The summed E-state index contributed by atoms with van der Waals surface area (Å²) in [5.74, 6) is 1.47. The second kappa shape index (κ2) is 6.34. The van der Waals surface area contributed by atoms with Gasteiger partial charge in [0.05, 0.1) is 11.6 Å². The van der Waals surface area contributed by atoms with Crippen LogP contribution in [-0.4, -0.2) is 41.6 Å². The summed E-state index contributed by atoms with van der Waals surface area (Å²) >= 11 is 0. The lowest BCUT2D eigenvalue weighted by molar-refractivity contribution is 0.0781. The maximum Gasteiger partial charge on any atom is 0.255 e. The standard InChI is InChI=1S/C21H27N3O/c1-14-9-20(21(25)23-12-18-10-22-11-19(18)13-23)16(3)24(14)15(2)17-7-5-4-6-8-17/h4-9,15,18-19,22H,10-13H2,1-3H3/t15?,18-,19+. The van der Waals surface area contributed by atoms with Crippen molar-refractivity contribution >= 4 is 5.91 Å². The molecule has 1 unspecified atom stereocenters. The Kier molecular flexibility index (Phi) is 4.16. The molecule has 2 fully saturated rings. The number of benzene rings is 1. The molecule has 2 aliphatic heterocycles. The van der Waals surface area contributed by atoms with Gasteiger partial charge in [0.2, 0.25) is 0 Å². The molecule has 0 spiro atoms. The first-order valence-electron chi connectivity index (χ1n) is 9.29. The summed E-state index contributed by atoms with van der Waals surface area (Å²) in [4.78, 5) is 15.2. The van der Waals surface area contributed by atoms with E-state index in [0.29, 0.717) is 11.8 Å². The zero-order chi connectivity index (χ0) is 17.6. The number of hydrogen-bond acceptors (Lipinski definition) is 2. The minimum atomic E-state index is 0.203. The largest absolute Gasteiger partial charge is 0.341 e. The minimum absolute atomic E-state index is 0.203. The van der Waals surface area contributed by atoms with Crippen molar-refractivity contribution in [1.29, 1.82) is 0 Å². The molecule has 3 heterocycles. The third kappa shape index (κ3) is 2.78. The lowest BCUT2D eigenvalue weighted by Gasteiger charge is -2.20. The van der Waals surface area contributed by atoms with E-state index < -0.39 is 0 Å². The molecule has 3 atom stereocenters. The van der Waals surface area contributed by atoms with E-state index in [4.69, 9.17) is 0 Å². The summed E-state index contributed by atoms with van der Waals surface area (Å²) in [6.45, 7) is 10.3. The number of nitrogens with zero attached hydrogens (tertiary/aromatic N) is 2. The molecule has 0 radical (unpaired) electrons. The Morgan fingerprint density at radius 3 is 2.40 bits per heavy atom. The molecule has 1 N–H and O–H groups in total. The first-order valence-corrected chi connectivity index (χ1v) is 9.29. The Labute approximate surface area is 149 Å². The maximum absolute atomic E-state index is 13.1. The minimum Gasteiger partial charge on any atom is -0.341 e. The summed E-state index contributed by atoms with van der Waals surface area (Å²) in [6, 6.07) is 12.8. The highest BCUT2D eigenvalue weighted by molar-refractivity contribution is 5.96. The van der Waals surface area contributed by atoms with Crippen LogP contribution in [0.3, 0.4) is 0 Å². The fourth-order valence-corrected chi connectivity index (χ4v) is 4.66. The van der Waals surface area contributed by atoms with Crippen LogP contribution in [0.4, 0.5) is 0 Å². The molecule has 1 aromatic heterocycles. The van der Waals surface area contributed by atoms with Gasteiger partial charge < -0.3 is 14.8 Å². The van der Waals surface area contributed by atoms with Crippen molar-refractivity contribution in [3.63, 3.8) is 0 Å². The number of likely N-dealkylation sites (tertiary alicyclic amines) is 1. The van der Waals surface area contributed by atoms with E-state index >= 15 is 0 Å². The van der Waals surface area contributed by atoms with Crippen LogP contribution in [0.2, 0.25) is 0 Å². The van der Waals surface area contributed by atoms with Crippen molar-refractivity contribution < 1.29 is 4.79 Å². The van der Waals surface area contributed by atoms with Crippen LogP contribution in [0.15, 0.2) is 36.4 Å². The number of nitrogens with one attached hydrogen (secondary N) is 1. The molecule has 0 bridgehead atoms. The number of aryl methyl sites for hydroxylation is 1. The molecule has 1 aromatic carbocycles. The Morgan fingerprint density at radius 1 is 1.12 bits per heavy atom. The van der Waals surface area contributed by atoms with Crippen molar-refractivity contribution in [2.75, 3.05) is 26.2 Å². The third-order valence-electron chi connectivity index (χ3n) is 6.06. The van der Waals surface area contributed by atoms with Crippen molar-refractivity contribution in [3.8, 4) is 0 Å². The number of rotatable bonds is 3. The van der Waals surface area contributed by atoms with Crippen LogP contribution in [0.25, 0.3) is 0 Å². The lowest BCUT2D eigenvalue weighted by atomic mass is 10.0. The van der Waals surface area contributed by atoms with Crippen LogP contribution >= 0.6 is 0 Å². The monoisotopic (exact) mass is 337 g/mol. The Hall–Kier alpha value is -2.07. The van der Waals surface area contributed by atoms with E-state index in [1.54, 1.807) is 0 Å². The number of hydrogen-bond donors (Lipinski definition) is 1. The molecule has 2 aromatic rings. The summed E-state index contributed by atoms with van der Waals surface area (Å²) in [7, 11) is 0. The molecule has 25 heavy (non-hydrogen) atoms. The van der Waals surface area contributed by atoms with Gasteiger partial charge in [0, 0.05) is 37.6 Å². The number of carbonyl (C=O) groups is 1. The van der Waals surface area contributed by atoms with Gasteiger partial charge in [-0.3, -0.25) is 4.79 Å². The smallest absolute Gasteiger partial charge is 0.255 e.